The van der Waals surface area contributed by atoms with Crippen molar-refractivity contribution in [1.82, 2.24) is 0 Å². The molecule has 3 rings (SSSR count). The molecule has 0 radical (unpaired) electrons. The van der Waals surface area contributed by atoms with E-state index in [1.165, 1.54) is 18.2 Å². The summed E-state index contributed by atoms with van der Waals surface area (Å²) in [6, 6.07) is 11.4. The molecule has 2 aromatic carbocycles. The van der Waals surface area contributed by atoms with Crippen LogP contribution in [0.3, 0.4) is 0 Å². The summed E-state index contributed by atoms with van der Waals surface area (Å²) in [7, 11) is 0. The van der Waals surface area contributed by atoms with Crippen LogP contribution in [0, 0.1) is 5.82 Å². The van der Waals surface area contributed by atoms with Crippen LogP contribution in [-0.4, -0.2) is 0 Å². The lowest BCUT2D eigenvalue weighted by molar-refractivity contribution is 0.559. The van der Waals surface area contributed by atoms with E-state index >= 15 is 0 Å². The Kier molecular flexibility index (Phi) is 4.35. The first-order valence-corrected chi connectivity index (χ1v) is 7.69. The standard InChI is InChI=1S/C18H15ClFNO2/c1-2-11-3-5-14-12(8-18(22)23-17(14)7-11)10-21-16-6-4-13(20)9-15(16)19/h3-9,21H,2,10H2,1H3. The molecule has 23 heavy (non-hydrogen) atoms. The van der Waals surface area contributed by atoms with Crippen LogP contribution in [0.15, 0.2) is 51.7 Å². The van der Waals surface area contributed by atoms with Gasteiger partial charge >= 0.3 is 5.63 Å². The predicted molar refractivity (Wildman–Crippen MR) is 90.6 cm³/mol. The van der Waals surface area contributed by atoms with Gasteiger partial charge in [-0.3, -0.25) is 0 Å². The van der Waals surface area contributed by atoms with Gasteiger partial charge in [-0.15, -0.1) is 0 Å². The molecule has 5 heteroatoms. The van der Waals surface area contributed by atoms with E-state index in [-0.39, 0.29) is 0 Å². The average molecular weight is 332 g/mol. The first kappa shape index (κ1) is 15.6. The van der Waals surface area contributed by atoms with Crippen molar-refractivity contribution in [3.63, 3.8) is 0 Å². The van der Waals surface area contributed by atoms with Crippen LogP contribution in [0.25, 0.3) is 11.0 Å². The molecule has 0 fully saturated rings. The van der Waals surface area contributed by atoms with E-state index in [4.69, 9.17) is 16.0 Å². The monoisotopic (exact) mass is 331 g/mol. The van der Waals surface area contributed by atoms with Gasteiger partial charge in [0.2, 0.25) is 0 Å². The Morgan fingerprint density at radius 3 is 2.74 bits per heavy atom. The maximum Gasteiger partial charge on any atom is 0.336 e. The molecule has 1 N–H and O–H groups in total. The number of benzene rings is 2. The highest BCUT2D eigenvalue weighted by Gasteiger charge is 2.08. The molecule has 0 atom stereocenters. The first-order chi connectivity index (χ1) is 11.1. The molecular formula is C18H15ClFNO2. The third-order valence-electron chi connectivity index (χ3n) is 3.70. The second-order valence-electron chi connectivity index (χ2n) is 5.25. The topological polar surface area (TPSA) is 42.2 Å². The van der Waals surface area contributed by atoms with Crippen LogP contribution < -0.4 is 10.9 Å². The summed E-state index contributed by atoms with van der Waals surface area (Å²) in [6.45, 7) is 2.43. The Labute approximate surface area is 137 Å². The third-order valence-corrected chi connectivity index (χ3v) is 4.02. The number of halogens is 2. The van der Waals surface area contributed by atoms with Crippen molar-refractivity contribution in [2.45, 2.75) is 19.9 Å². The van der Waals surface area contributed by atoms with Crippen molar-refractivity contribution in [1.29, 1.82) is 0 Å². The second kappa shape index (κ2) is 6.42. The van der Waals surface area contributed by atoms with Crippen LogP contribution in [-0.2, 0) is 13.0 Å². The van der Waals surface area contributed by atoms with E-state index in [2.05, 4.69) is 5.32 Å². The summed E-state index contributed by atoms with van der Waals surface area (Å²) in [4.78, 5) is 11.8. The molecule has 1 aromatic heterocycles. The summed E-state index contributed by atoms with van der Waals surface area (Å²) in [5, 5.41) is 4.29. The molecule has 1 heterocycles. The maximum absolute atomic E-state index is 13.1. The number of fused-ring (bicyclic) bond motifs is 1. The maximum atomic E-state index is 13.1. The number of hydrogen-bond acceptors (Lipinski definition) is 3. The molecule has 0 spiro atoms. The van der Waals surface area contributed by atoms with Crippen LogP contribution in [0.5, 0.6) is 0 Å². The largest absolute Gasteiger partial charge is 0.423 e. The molecule has 0 unspecified atom stereocenters. The van der Waals surface area contributed by atoms with Gasteiger partial charge in [-0.2, -0.15) is 0 Å². The zero-order valence-electron chi connectivity index (χ0n) is 12.5. The number of hydrogen-bond donors (Lipinski definition) is 1. The Bertz CT molecular complexity index is 921. The SMILES string of the molecule is CCc1ccc2c(CNc3ccc(F)cc3Cl)cc(=O)oc2c1. The highest BCUT2D eigenvalue weighted by Crippen LogP contribution is 2.24. The smallest absolute Gasteiger partial charge is 0.336 e. The molecule has 3 nitrogen and oxygen atoms in total. The lowest BCUT2D eigenvalue weighted by atomic mass is 10.1. The van der Waals surface area contributed by atoms with E-state index in [1.54, 1.807) is 6.07 Å². The normalized spacial score (nSPS) is 10.9. The van der Waals surface area contributed by atoms with Gasteiger partial charge in [-0.25, -0.2) is 9.18 Å². The molecule has 0 aliphatic rings. The van der Waals surface area contributed by atoms with Gasteiger partial charge in [0.15, 0.2) is 0 Å². The molecule has 0 aliphatic carbocycles. The van der Waals surface area contributed by atoms with Gasteiger partial charge < -0.3 is 9.73 Å². The Balaban J connectivity index is 1.94. The number of aryl methyl sites for hydroxylation is 1. The zero-order valence-corrected chi connectivity index (χ0v) is 13.3. The van der Waals surface area contributed by atoms with Gasteiger partial charge in [0.1, 0.15) is 11.4 Å². The molecule has 0 saturated carbocycles. The van der Waals surface area contributed by atoms with Crippen molar-refractivity contribution in [3.05, 3.63) is 74.9 Å². The van der Waals surface area contributed by atoms with E-state index in [0.29, 0.717) is 22.8 Å². The Morgan fingerprint density at radius 2 is 2.00 bits per heavy atom. The molecule has 0 saturated heterocycles. The molecule has 118 valence electrons. The van der Waals surface area contributed by atoms with Crippen LogP contribution in [0.4, 0.5) is 10.1 Å². The highest BCUT2D eigenvalue weighted by molar-refractivity contribution is 6.33. The minimum Gasteiger partial charge on any atom is -0.423 e. The predicted octanol–water partition coefficient (Wildman–Crippen LogP) is 4.76. The van der Waals surface area contributed by atoms with E-state index in [9.17, 15) is 9.18 Å². The summed E-state index contributed by atoms with van der Waals surface area (Å²) in [5.74, 6) is -0.390. The van der Waals surface area contributed by atoms with Crippen LogP contribution in [0.2, 0.25) is 5.02 Å². The van der Waals surface area contributed by atoms with Crippen LogP contribution in [0.1, 0.15) is 18.1 Å². The zero-order chi connectivity index (χ0) is 16.4. The Hall–Kier alpha value is -2.33. The van der Waals surface area contributed by atoms with Gasteiger partial charge in [0.25, 0.3) is 0 Å². The van der Waals surface area contributed by atoms with Gasteiger partial charge in [0, 0.05) is 18.0 Å². The van der Waals surface area contributed by atoms with Crippen molar-refractivity contribution in [2.24, 2.45) is 0 Å². The Morgan fingerprint density at radius 1 is 1.17 bits per heavy atom. The quantitative estimate of drug-likeness (QED) is 0.701. The average Bonchev–Trinajstić information content (AvgIpc) is 2.53. The molecule has 0 bridgehead atoms. The lowest BCUT2D eigenvalue weighted by Gasteiger charge is -2.10. The van der Waals surface area contributed by atoms with E-state index in [0.717, 1.165) is 22.9 Å². The molecule has 0 aliphatic heterocycles. The summed E-state index contributed by atoms with van der Waals surface area (Å²) in [5.41, 5.74) is 2.69. The minimum absolute atomic E-state index is 0.297. The third kappa shape index (κ3) is 3.37. The van der Waals surface area contributed by atoms with E-state index in [1.807, 2.05) is 25.1 Å². The fourth-order valence-electron chi connectivity index (χ4n) is 2.46. The van der Waals surface area contributed by atoms with E-state index < -0.39 is 11.4 Å². The lowest BCUT2D eigenvalue weighted by Crippen LogP contribution is -2.06. The van der Waals surface area contributed by atoms with Crippen molar-refractivity contribution >= 4 is 28.3 Å². The highest BCUT2D eigenvalue weighted by atomic mass is 35.5. The number of anilines is 1. The minimum atomic E-state index is -0.396. The molecule has 0 amide bonds. The summed E-state index contributed by atoms with van der Waals surface area (Å²) in [6.07, 6.45) is 0.868. The molecular weight excluding hydrogens is 317 g/mol. The van der Waals surface area contributed by atoms with Gasteiger partial charge in [0.05, 0.1) is 10.7 Å². The van der Waals surface area contributed by atoms with Crippen molar-refractivity contribution in [2.75, 3.05) is 5.32 Å². The van der Waals surface area contributed by atoms with Crippen LogP contribution >= 0.6 is 11.6 Å². The van der Waals surface area contributed by atoms with Crippen molar-refractivity contribution < 1.29 is 8.81 Å². The fourth-order valence-corrected chi connectivity index (χ4v) is 2.70. The summed E-state index contributed by atoms with van der Waals surface area (Å²) >= 11 is 6.00. The summed E-state index contributed by atoms with van der Waals surface area (Å²) < 4.78 is 18.4. The number of rotatable bonds is 4. The first-order valence-electron chi connectivity index (χ1n) is 7.31. The van der Waals surface area contributed by atoms with Gasteiger partial charge in [-0.1, -0.05) is 30.7 Å². The number of nitrogens with one attached hydrogen (secondary N) is 1. The van der Waals surface area contributed by atoms with Crippen molar-refractivity contribution in [3.8, 4) is 0 Å². The second-order valence-corrected chi connectivity index (χ2v) is 5.66. The molecule has 3 aromatic rings. The van der Waals surface area contributed by atoms with Gasteiger partial charge in [-0.05, 0) is 41.8 Å². The fraction of sp³-hybridized carbons (Fsp3) is 0.167.